The lowest BCUT2D eigenvalue weighted by Gasteiger charge is -2.24. The van der Waals surface area contributed by atoms with E-state index in [0.717, 1.165) is 4.90 Å². The highest BCUT2D eigenvalue weighted by atomic mass is 79.9. The van der Waals surface area contributed by atoms with Gasteiger partial charge in [-0.2, -0.15) is 13.2 Å². The first-order valence-corrected chi connectivity index (χ1v) is 6.82. The largest absolute Gasteiger partial charge is 0.406 e. The summed E-state index contributed by atoms with van der Waals surface area (Å²) in [5.74, 6) is -0.381. The predicted molar refractivity (Wildman–Crippen MR) is 71.6 cm³/mol. The molecule has 0 spiro atoms. The van der Waals surface area contributed by atoms with E-state index in [-0.39, 0.29) is 17.4 Å². The molecular weight excluding hydrogens is 339 g/mol. The number of nitrogens with one attached hydrogen (secondary N) is 1. The van der Waals surface area contributed by atoms with Gasteiger partial charge in [-0.25, -0.2) is 4.98 Å². The number of aromatic nitrogens is 1. The Hall–Kier alpha value is -1.31. The van der Waals surface area contributed by atoms with Gasteiger partial charge in [0.25, 0.3) is 5.91 Å². The quantitative estimate of drug-likeness (QED) is 0.906. The molecule has 1 aliphatic carbocycles. The van der Waals surface area contributed by atoms with Crippen molar-refractivity contribution in [2.24, 2.45) is 0 Å². The normalized spacial score (nSPS) is 15.1. The number of nitrogens with zero attached hydrogens (tertiary/aromatic N) is 2. The first kappa shape index (κ1) is 15.1. The van der Waals surface area contributed by atoms with Crippen LogP contribution < -0.4 is 5.32 Å². The summed E-state index contributed by atoms with van der Waals surface area (Å²) < 4.78 is 38.3. The van der Waals surface area contributed by atoms with E-state index in [1.54, 1.807) is 7.05 Å². The molecule has 2 rings (SSSR count). The number of rotatable bonds is 4. The molecule has 1 fully saturated rings. The van der Waals surface area contributed by atoms with Crippen LogP contribution in [0.15, 0.2) is 16.7 Å². The second kappa shape index (κ2) is 5.59. The monoisotopic (exact) mass is 351 g/mol. The van der Waals surface area contributed by atoms with Crippen molar-refractivity contribution >= 4 is 27.7 Å². The molecule has 0 aromatic carbocycles. The first-order chi connectivity index (χ1) is 9.31. The minimum absolute atomic E-state index is 0.137. The fourth-order valence-electron chi connectivity index (χ4n) is 1.90. The number of carbonyl (C=O) groups excluding carboxylic acids is 1. The van der Waals surface area contributed by atoms with E-state index in [1.807, 2.05) is 0 Å². The van der Waals surface area contributed by atoms with Crippen molar-refractivity contribution in [1.29, 1.82) is 0 Å². The van der Waals surface area contributed by atoms with Crippen LogP contribution >= 0.6 is 15.9 Å². The second-order valence-corrected chi connectivity index (χ2v) is 5.49. The smallest absolute Gasteiger partial charge is 0.372 e. The van der Waals surface area contributed by atoms with E-state index in [4.69, 9.17) is 0 Å². The van der Waals surface area contributed by atoms with Crippen molar-refractivity contribution in [3.8, 4) is 0 Å². The molecule has 8 heteroatoms. The molecule has 4 nitrogen and oxygen atoms in total. The zero-order chi connectivity index (χ0) is 14.9. The highest BCUT2D eigenvalue weighted by Gasteiger charge is 2.41. The summed E-state index contributed by atoms with van der Waals surface area (Å²) in [6, 6.07) is 1.15. The molecule has 1 N–H and O–H groups in total. The highest BCUT2D eigenvalue weighted by molar-refractivity contribution is 9.10. The molecule has 20 heavy (non-hydrogen) atoms. The number of anilines is 1. The lowest BCUT2D eigenvalue weighted by molar-refractivity contribution is -0.141. The second-order valence-electron chi connectivity index (χ2n) is 4.58. The van der Waals surface area contributed by atoms with Gasteiger partial charge >= 0.3 is 6.18 Å². The third-order valence-electron chi connectivity index (χ3n) is 2.92. The maximum Gasteiger partial charge on any atom is 0.406 e. The summed E-state index contributed by atoms with van der Waals surface area (Å²) in [7, 11) is 1.57. The van der Waals surface area contributed by atoms with E-state index < -0.39 is 18.6 Å². The van der Waals surface area contributed by atoms with Gasteiger partial charge < -0.3 is 10.2 Å². The minimum Gasteiger partial charge on any atom is -0.372 e. The van der Waals surface area contributed by atoms with Gasteiger partial charge in [-0.3, -0.25) is 4.79 Å². The van der Waals surface area contributed by atoms with Crippen LogP contribution in [0.1, 0.15) is 23.2 Å². The fraction of sp³-hybridized carbons (Fsp3) is 0.500. The molecule has 1 heterocycles. The number of hydrogen-bond acceptors (Lipinski definition) is 3. The van der Waals surface area contributed by atoms with Crippen LogP contribution in [0.3, 0.4) is 0 Å². The summed E-state index contributed by atoms with van der Waals surface area (Å²) >= 11 is 3.17. The van der Waals surface area contributed by atoms with E-state index in [2.05, 4.69) is 26.2 Å². The van der Waals surface area contributed by atoms with Gasteiger partial charge in [0.1, 0.15) is 12.4 Å². The Kier molecular flexibility index (Phi) is 4.22. The van der Waals surface area contributed by atoms with E-state index in [0.29, 0.717) is 17.3 Å². The van der Waals surface area contributed by atoms with Gasteiger partial charge in [-0.05, 0) is 34.8 Å². The summed E-state index contributed by atoms with van der Waals surface area (Å²) in [6.07, 6.45) is -1.71. The topological polar surface area (TPSA) is 45.2 Å². The molecule has 110 valence electrons. The molecule has 1 aromatic rings. The van der Waals surface area contributed by atoms with Crippen LogP contribution in [0, 0.1) is 0 Å². The Morgan fingerprint density at radius 3 is 2.70 bits per heavy atom. The lowest BCUT2D eigenvalue weighted by atomic mass is 10.2. The van der Waals surface area contributed by atoms with Crippen LogP contribution in [0.25, 0.3) is 0 Å². The van der Waals surface area contributed by atoms with Gasteiger partial charge in [0.15, 0.2) is 0 Å². The number of hydrogen-bond donors (Lipinski definition) is 1. The van der Waals surface area contributed by atoms with Crippen LogP contribution in [0.2, 0.25) is 0 Å². The van der Waals surface area contributed by atoms with Gasteiger partial charge in [-0.1, -0.05) is 0 Å². The van der Waals surface area contributed by atoms with Crippen LogP contribution in [-0.2, 0) is 0 Å². The molecule has 1 aromatic heterocycles. The number of pyridine rings is 1. The Bertz CT molecular complexity index is 517. The fourth-order valence-corrected chi connectivity index (χ4v) is 2.23. The van der Waals surface area contributed by atoms with Crippen molar-refractivity contribution < 1.29 is 18.0 Å². The molecule has 0 saturated heterocycles. The summed E-state index contributed by atoms with van der Waals surface area (Å²) in [6.45, 7) is -1.23. The van der Waals surface area contributed by atoms with Crippen molar-refractivity contribution in [2.45, 2.75) is 25.1 Å². The third kappa shape index (κ3) is 3.62. The Morgan fingerprint density at radius 1 is 1.55 bits per heavy atom. The molecule has 1 saturated carbocycles. The molecule has 0 atom stereocenters. The van der Waals surface area contributed by atoms with Crippen molar-refractivity contribution in [3.05, 3.63) is 22.3 Å². The van der Waals surface area contributed by atoms with E-state index in [9.17, 15) is 18.0 Å². The molecule has 1 aliphatic rings. The molecule has 0 radical (unpaired) electrons. The van der Waals surface area contributed by atoms with Crippen LogP contribution in [-0.4, -0.2) is 41.6 Å². The summed E-state index contributed by atoms with van der Waals surface area (Å²) in [4.78, 5) is 17.2. The number of halogens is 4. The molecular formula is C12H13BrF3N3O. The van der Waals surface area contributed by atoms with Gasteiger partial charge in [0, 0.05) is 23.8 Å². The maximum atomic E-state index is 12.6. The van der Waals surface area contributed by atoms with Gasteiger partial charge in [0.05, 0.1) is 5.56 Å². The number of carbonyl (C=O) groups is 1. The highest BCUT2D eigenvalue weighted by Crippen LogP contribution is 2.32. The van der Waals surface area contributed by atoms with Crippen molar-refractivity contribution in [3.63, 3.8) is 0 Å². The maximum absolute atomic E-state index is 12.6. The zero-order valence-corrected chi connectivity index (χ0v) is 12.3. The molecule has 1 amide bonds. The minimum atomic E-state index is -4.41. The number of alkyl halides is 3. The summed E-state index contributed by atoms with van der Waals surface area (Å²) in [5, 5.41) is 2.72. The predicted octanol–water partition coefficient (Wildman–Crippen LogP) is 3.05. The molecule has 0 bridgehead atoms. The van der Waals surface area contributed by atoms with Crippen LogP contribution in [0.5, 0.6) is 0 Å². The van der Waals surface area contributed by atoms with E-state index in [1.165, 1.54) is 12.3 Å². The molecule has 0 aliphatic heterocycles. The third-order valence-corrected chi connectivity index (χ3v) is 3.35. The SMILES string of the molecule is CNc1ncc(Br)cc1C(=O)N(CC(F)(F)F)C1CC1. The van der Waals surface area contributed by atoms with Gasteiger partial charge in [0.2, 0.25) is 0 Å². The first-order valence-electron chi connectivity index (χ1n) is 6.03. The van der Waals surface area contributed by atoms with Crippen molar-refractivity contribution in [1.82, 2.24) is 9.88 Å². The average Bonchev–Trinajstić information content (AvgIpc) is 3.18. The molecule has 0 unspecified atom stereocenters. The average molecular weight is 352 g/mol. The Labute approximate surface area is 122 Å². The van der Waals surface area contributed by atoms with Gasteiger partial charge in [-0.15, -0.1) is 0 Å². The summed E-state index contributed by atoms with van der Waals surface area (Å²) in [5.41, 5.74) is 0.137. The lowest BCUT2D eigenvalue weighted by Crippen LogP contribution is -2.40. The van der Waals surface area contributed by atoms with Crippen molar-refractivity contribution in [2.75, 3.05) is 18.9 Å². The van der Waals surface area contributed by atoms with E-state index >= 15 is 0 Å². The Balaban J connectivity index is 2.30. The Morgan fingerprint density at radius 2 is 2.20 bits per heavy atom. The standard InChI is InChI=1S/C12H13BrF3N3O/c1-17-10-9(4-7(13)5-18-10)11(20)19(8-2-3-8)6-12(14,15)16/h4-5,8H,2-3,6H2,1H3,(H,17,18). The zero-order valence-electron chi connectivity index (χ0n) is 10.7. The number of amides is 1. The van der Waals surface area contributed by atoms with Crippen LogP contribution in [0.4, 0.5) is 19.0 Å².